The molecule has 18 heavy (non-hydrogen) atoms. The van der Waals surface area contributed by atoms with Crippen LogP contribution in [0.4, 0.5) is 0 Å². The third-order valence-corrected chi connectivity index (χ3v) is 2.84. The lowest BCUT2D eigenvalue weighted by Gasteiger charge is -2.07. The zero-order valence-electron chi connectivity index (χ0n) is 9.38. The number of halogens is 1. The molecule has 2 heterocycles. The van der Waals surface area contributed by atoms with Crippen LogP contribution in [-0.4, -0.2) is 9.97 Å². The molecule has 0 saturated heterocycles. The van der Waals surface area contributed by atoms with Crippen LogP contribution >= 0.6 is 11.6 Å². The Morgan fingerprint density at radius 2 is 1.67 bits per heavy atom. The number of pyridine rings is 2. The highest BCUT2D eigenvalue weighted by atomic mass is 35.5. The molecule has 0 unspecified atom stereocenters. The van der Waals surface area contributed by atoms with Crippen molar-refractivity contribution >= 4 is 22.4 Å². The van der Waals surface area contributed by atoms with E-state index in [0.717, 1.165) is 10.8 Å². The predicted molar refractivity (Wildman–Crippen MR) is 71.1 cm³/mol. The molecule has 0 amide bonds. The van der Waals surface area contributed by atoms with Gasteiger partial charge in [-0.3, -0.25) is 0 Å². The Labute approximate surface area is 109 Å². The summed E-state index contributed by atoms with van der Waals surface area (Å²) in [6.07, 6.45) is 3.33. The molecule has 0 atom stereocenters. The normalized spacial score (nSPS) is 10.5. The van der Waals surface area contributed by atoms with Gasteiger partial charge in [0.1, 0.15) is 5.02 Å². The molecule has 0 bridgehead atoms. The first-order valence-electron chi connectivity index (χ1n) is 5.47. The monoisotopic (exact) mass is 256 g/mol. The number of fused-ring (bicyclic) bond motifs is 1. The molecule has 3 nitrogen and oxygen atoms in total. The number of rotatable bonds is 2. The van der Waals surface area contributed by atoms with Crippen LogP contribution in [0.5, 0.6) is 11.8 Å². The Balaban J connectivity index is 2.08. The first kappa shape index (κ1) is 11.0. The van der Waals surface area contributed by atoms with Gasteiger partial charge in [0.05, 0.1) is 0 Å². The topological polar surface area (TPSA) is 35.0 Å². The van der Waals surface area contributed by atoms with E-state index in [0.29, 0.717) is 16.8 Å². The summed E-state index contributed by atoms with van der Waals surface area (Å²) in [5.41, 5.74) is 0. The zero-order valence-corrected chi connectivity index (χ0v) is 10.1. The molecule has 2 aromatic heterocycles. The highest BCUT2D eigenvalue weighted by Crippen LogP contribution is 2.29. The van der Waals surface area contributed by atoms with Gasteiger partial charge in [-0.05, 0) is 29.7 Å². The second-order valence-corrected chi connectivity index (χ2v) is 4.14. The summed E-state index contributed by atoms with van der Waals surface area (Å²) >= 11 is 6.01. The SMILES string of the molecule is Clc1cccnc1Oc1nccc2ccccc12. The minimum atomic E-state index is 0.364. The zero-order chi connectivity index (χ0) is 12.4. The van der Waals surface area contributed by atoms with Crippen molar-refractivity contribution in [1.82, 2.24) is 9.97 Å². The summed E-state index contributed by atoms with van der Waals surface area (Å²) < 4.78 is 5.67. The maximum absolute atomic E-state index is 6.01. The molecule has 3 aromatic rings. The minimum Gasteiger partial charge on any atom is -0.418 e. The lowest BCUT2D eigenvalue weighted by atomic mass is 10.2. The van der Waals surface area contributed by atoms with Crippen molar-refractivity contribution in [3.8, 4) is 11.8 Å². The maximum atomic E-state index is 6.01. The molecule has 3 rings (SSSR count). The molecule has 0 aliphatic carbocycles. The van der Waals surface area contributed by atoms with E-state index in [1.165, 1.54) is 0 Å². The lowest BCUT2D eigenvalue weighted by molar-refractivity contribution is 0.451. The molecule has 0 fully saturated rings. The summed E-state index contributed by atoms with van der Waals surface area (Å²) in [4.78, 5) is 8.31. The Morgan fingerprint density at radius 3 is 2.56 bits per heavy atom. The third kappa shape index (κ3) is 2.00. The van der Waals surface area contributed by atoms with Crippen molar-refractivity contribution in [2.24, 2.45) is 0 Å². The van der Waals surface area contributed by atoms with Gasteiger partial charge < -0.3 is 4.74 Å². The van der Waals surface area contributed by atoms with Crippen molar-refractivity contribution in [1.29, 1.82) is 0 Å². The smallest absolute Gasteiger partial charge is 0.240 e. The van der Waals surface area contributed by atoms with Crippen molar-refractivity contribution in [3.05, 3.63) is 59.9 Å². The number of hydrogen-bond donors (Lipinski definition) is 0. The van der Waals surface area contributed by atoms with Crippen LogP contribution in [-0.2, 0) is 0 Å². The molecule has 0 aliphatic heterocycles. The minimum absolute atomic E-state index is 0.364. The number of nitrogens with zero attached hydrogens (tertiary/aromatic N) is 2. The van der Waals surface area contributed by atoms with Gasteiger partial charge in [-0.1, -0.05) is 29.8 Å². The van der Waals surface area contributed by atoms with Crippen molar-refractivity contribution in [2.75, 3.05) is 0 Å². The maximum Gasteiger partial charge on any atom is 0.240 e. The van der Waals surface area contributed by atoms with E-state index in [1.54, 1.807) is 24.5 Å². The van der Waals surface area contributed by atoms with E-state index in [-0.39, 0.29) is 0 Å². The second kappa shape index (κ2) is 4.63. The van der Waals surface area contributed by atoms with E-state index in [1.807, 2.05) is 30.3 Å². The fourth-order valence-electron chi connectivity index (χ4n) is 1.71. The number of aromatic nitrogens is 2. The molecule has 0 aliphatic rings. The van der Waals surface area contributed by atoms with Gasteiger partial charge in [0.15, 0.2) is 0 Å². The summed E-state index contributed by atoms with van der Waals surface area (Å²) in [5.74, 6) is 0.872. The van der Waals surface area contributed by atoms with Crippen LogP contribution in [0.15, 0.2) is 54.9 Å². The Morgan fingerprint density at radius 1 is 0.833 bits per heavy atom. The van der Waals surface area contributed by atoms with E-state index < -0.39 is 0 Å². The van der Waals surface area contributed by atoms with Crippen LogP contribution < -0.4 is 4.74 Å². The van der Waals surface area contributed by atoms with Gasteiger partial charge in [-0.2, -0.15) is 0 Å². The Hall–Kier alpha value is -2.13. The van der Waals surface area contributed by atoms with Crippen LogP contribution in [0.2, 0.25) is 5.02 Å². The summed E-state index contributed by atoms with van der Waals surface area (Å²) in [5, 5.41) is 2.46. The van der Waals surface area contributed by atoms with Gasteiger partial charge in [0.25, 0.3) is 0 Å². The largest absolute Gasteiger partial charge is 0.418 e. The van der Waals surface area contributed by atoms with Crippen molar-refractivity contribution < 1.29 is 4.74 Å². The lowest BCUT2D eigenvalue weighted by Crippen LogP contribution is -1.91. The highest BCUT2D eigenvalue weighted by Gasteiger charge is 2.07. The van der Waals surface area contributed by atoms with E-state index in [9.17, 15) is 0 Å². The van der Waals surface area contributed by atoms with Gasteiger partial charge in [-0.15, -0.1) is 0 Å². The summed E-state index contributed by atoms with van der Waals surface area (Å²) in [6.45, 7) is 0. The molecular weight excluding hydrogens is 248 g/mol. The number of hydrogen-bond acceptors (Lipinski definition) is 3. The van der Waals surface area contributed by atoms with Gasteiger partial charge in [-0.25, -0.2) is 9.97 Å². The predicted octanol–water partition coefficient (Wildman–Crippen LogP) is 4.08. The Bertz CT molecular complexity index is 695. The van der Waals surface area contributed by atoms with Crippen LogP contribution in [0.3, 0.4) is 0 Å². The molecule has 4 heteroatoms. The third-order valence-electron chi connectivity index (χ3n) is 2.56. The summed E-state index contributed by atoms with van der Waals surface area (Å²) in [6, 6.07) is 13.3. The van der Waals surface area contributed by atoms with Crippen LogP contribution in [0, 0.1) is 0 Å². The number of ether oxygens (including phenoxy) is 1. The first-order valence-corrected chi connectivity index (χ1v) is 5.84. The molecule has 0 N–H and O–H groups in total. The first-order chi connectivity index (χ1) is 8.84. The van der Waals surface area contributed by atoms with Crippen molar-refractivity contribution in [3.63, 3.8) is 0 Å². The van der Waals surface area contributed by atoms with Crippen LogP contribution in [0.1, 0.15) is 0 Å². The molecule has 0 spiro atoms. The fraction of sp³-hybridized carbons (Fsp3) is 0. The van der Waals surface area contributed by atoms with Gasteiger partial charge in [0.2, 0.25) is 11.8 Å². The average Bonchev–Trinajstić information content (AvgIpc) is 2.42. The van der Waals surface area contributed by atoms with E-state index in [2.05, 4.69) is 9.97 Å². The summed E-state index contributed by atoms with van der Waals surface area (Å²) in [7, 11) is 0. The fourth-order valence-corrected chi connectivity index (χ4v) is 1.87. The van der Waals surface area contributed by atoms with E-state index >= 15 is 0 Å². The van der Waals surface area contributed by atoms with Crippen LogP contribution in [0.25, 0.3) is 10.8 Å². The van der Waals surface area contributed by atoms with Crippen molar-refractivity contribution in [2.45, 2.75) is 0 Å². The second-order valence-electron chi connectivity index (χ2n) is 3.73. The Kier molecular flexibility index (Phi) is 2.82. The number of benzene rings is 1. The van der Waals surface area contributed by atoms with Gasteiger partial charge in [0, 0.05) is 17.8 Å². The molecular formula is C14H9ClN2O. The molecule has 88 valence electrons. The average molecular weight is 257 g/mol. The standard InChI is InChI=1S/C14H9ClN2O/c15-12-6-3-8-16-14(12)18-13-11-5-2-1-4-10(11)7-9-17-13/h1-9H. The highest BCUT2D eigenvalue weighted by molar-refractivity contribution is 6.31. The quantitative estimate of drug-likeness (QED) is 0.693. The molecule has 0 radical (unpaired) electrons. The molecule has 0 saturated carbocycles. The van der Waals surface area contributed by atoms with Gasteiger partial charge >= 0.3 is 0 Å². The molecule has 1 aromatic carbocycles. The van der Waals surface area contributed by atoms with E-state index in [4.69, 9.17) is 16.3 Å².